The molecule has 0 fully saturated rings. The van der Waals surface area contributed by atoms with Gasteiger partial charge in [-0.1, -0.05) is 35.3 Å². The van der Waals surface area contributed by atoms with Gasteiger partial charge < -0.3 is 5.32 Å². The topological polar surface area (TPSA) is 54.9 Å². The van der Waals surface area contributed by atoms with Gasteiger partial charge in [-0.2, -0.15) is 0 Å². The first-order chi connectivity index (χ1) is 8.99. The van der Waals surface area contributed by atoms with Gasteiger partial charge in [0.15, 0.2) is 10.3 Å². The van der Waals surface area contributed by atoms with Crippen LogP contribution >= 0.6 is 23.2 Å². The summed E-state index contributed by atoms with van der Waals surface area (Å²) < 4.78 is 13.6. The van der Waals surface area contributed by atoms with Crippen LogP contribution < -0.4 is 5.32 Å². The molecule has 0 saturated heterocycles. The monoisotopic (exact) mass is 299 g/mol. The summed E-state index contributed by atoms with van der Waals surface area (Å²) in [5, 5.41) is 9.37. The minimum atomic E-state index is -0.602. The number of aromatic nitrogens is 2. The maximum atomic E-state index is 13.6. The number of nitrogens with one attached hydrogen (secondary N) is 1. The number of benzene rings is 1. The van der Waals surface area contributed by atoms with E-state index >= 15 is 0 Å². The molecule has 2 aromatic rings. The molecule has 98 valence electrons. The van der Waals surface area contributed by atoms with Gasteiger partial charge in [0, 0.05) is 0 Å². The molecule has 0 aliphatic carbocycles. The van der Waals surface area contributed by atoms with Gasteiger partial charge in [0.1, 0.15) is 5.82 Å². The molecule has 7 heteroatoms. The van der Waals surface area contributed by atoms with Gasteiger partial charge in [-0.3, -0.25) is 4.79 Å². The highest BCUT2D eigenvalue weighted by atomic mass is 35.5. The predicted molar refractivity (Wildman–Crippen MR) is 71.1 cm³/mol. The van der Waals surface area contributed by atoms with Gasteiger partial charge in [0.25, 0.3) is 5.91 Å². The lowest BCUT2D eigenvalue weighted by molar-refractivity contribution is 0.102. The summed E-state index contributed by atoms with van der Waals surface area (Å²) in [6.45, 7) is 1.68. The Morgan fingerprint density at radius 2 is 2.05 bits per heavy atom. The molecular formula is C12H8Cl2FN3O. The third kappa shape index (κ3) is 3.00. The van der Waals surface area contributed by atoms with E-state index in [1.165, 1.54) is 12.1 Å². The molecule has 0 bridgehead atoms. The van der Waals surface area contributed by atoms with Gasteiger partial charge in [-0.15, -0.1) is 10.2 Å². The minimum Gasteiger partial charge on any atom is -0.319 e. The van der Waals surface area contributed by atoms with Crippen molar-refractivity contribution in [3.63, 3.8) is 0 Å². The van der Waals surface area contributed by atoms with E-state index in [1.807, 2.05) is 0 Å². The van der Waals surface area contributed by atoms with E-state index in [-0.39, 0.29) is 21.6 Å². The van der Waals surface area contributed by atoms with Gasteiger partial charge in [-0.25, -0.2) is 4.39 Å². The fourth-order valence-electron chi connectivity index (χ4n) is 1.48. The lowest BCUT2D eigenvalue weighted by Crippen LogP contribution is -2.15. The van der Waals surface area contributed by atoms with Crippen LogP contribution in [0.5, 0.6) is 0 Å². The lowest BCUT2D eigenvalue weighted by Gasteiger charge is -2.09. The zero-order valence-electron chi connectivity index (χ0n) is 9.75. The van der Waals surface area contributed by atoms with Crippen LogP contribution in [-0.4, -0.2) is 16.1 Å². The zero-order chi connectivity index (χ0) is 14.0. The Morgan fingerprint density at radius 1 is 1.32 bits per heavy atom. The van der Waals surface area contributed by atoms with Crippen LogP contribution in [0.15, 0.2) is 24.3 Å². The number of anilines is 1. The fraction of sp³-hybridized carbons (Fsp3) is 0.0833. The summed E-state index contributed by atoms with van der Waals surface area (Å²) in [7, 11) is 0. The van der Waals surface area contributed by atoms with Crippen LogP contribution in [0.3, 0.4) is 0 Å². The van der Waals surface area contributed by atoms with Crippen molar-refractivity contribution in [3.05, 3.63) is 51.5 Å². The number of nitrogens with zero attached hydrogens (tertiary/aromatic N) is 2. The van der Waals surface area contributed by atoms with E-state index < -0.39 is 11.7 Å². The second-order valence-corrected chi connectivity index (χ2v) is 4.50. The van der Waals surface area contributed by atoms with Crippen molar-refractivity contribution in [2.24, 2.45) is 0 Å². The minimum absolute atomic E-state index is 0.0276. The molecular weight excluding hydrogens is 292 g/mol. The average molecular weight is 300 g/mol. The molecule has 0 aliphatic rings. The van der Waals surface area contributed by atoms with Crippen LogP contribution in [0.25, 0.3) is 0 Å². The Labute approximate surface area is 118 Å². The first kappa shape index (κ1) is 13.7. The largest absolute Gasteiger partial charge is 0.319 e. The van der Waals surface area contributed by atoms with E-state index in [4.69, 9.17) is 23.2 Å². The molecule has 0 atom stereocenters. The molecule has 4 nitrogen and oxygen atoms in total. The van der Waals surface area contributed by atoms with Crippen molar-refractivity contribution in [2.45, 2.75) is 6.92 Å². The molecule has 2 rings (SSSR count). The number of carbonyl (C=O) groups excluding carboxylic acids is 1. The zero-order valence-corrected chi connectivity index (χ0v) is 11.3. The molecule has 1 aromatic heterocycles. The number of carbonyl (C=O) groups is 1. The number of rotatable bonds is 2. The molecule has 1 aromatic carbocycles. The van der Waals surface area contributed by atoms with Crippen LogP contribution in [0.1, 0.15) is 15.9 Å². The highest BCUT2D eigenvalue weighted by Gasteiger charge is 2.16. The summed E-state index contributed by atoms with van der Waals surface area (Å²) in [6, 6.07) is 5.75. The molecule has 0 unspecified atom stereocenters. The summed E-state index contributed by atoms with van der Waals surface area (Å²) >= 11 is 11.4. The number of para-hydroxylation sites is 1. The SMILES string of the molecule is Cc1cccc(F)c1NC(=O)c1cc(Cl)nnc1Cl. The Morgan fingerprint density at radius 3 is 2.74 bits per heavy atom. The van der Waals surface area contributed by atoms with Crippen molar-refractivity contribution in [1.82, 2.24) is 10.2 Å². The van der Waals surface area contributed by atoms with Crippen LogP contribution in [-0.2, 0) is 0 Å². The van der Waals surface area contributed by atoms with Gasteiger partial charge in [0.05, 0.1) is 11.3 Å². The molecule has 0 spiro atoms. The molecule has 1 heterocycles. The van der Waals surface area contributed by atoms with Gasteiger partial charge in [0.2, 0.25) is 0 Å². The third-order valence-corrected chi connectivity index (χ3v) is 2.89. The number of amides is 1. The van der Waals surface area contributed by atoms with Crippen molar-refractivity contribution in [2.75, 3.05) is 5.32 Å². The number of halogens is 3. The molecule has 19 heavy (non-hydrogen) atoms. The average Bonchev–Trinajstić information content (AvgIpc) is 2.37. The normalized spacial score (nSPS) is 10.3. The summed E-state index contributed by atoms with van der Waals surface area (Å²) in [5.41, 5.74) is 0.721. The first-order valence-corrected chi connectivity index (χ1v) is 6.00. The smallest absolute Gasteiger partial charge is 0.259 e. The number of hydrogen-bond donors (Lipinski definition) is 1. The van der Waals surface area contributed by atoms with Crippen molar-refractivity contribution >= 4 is 34.8 Å². The van der Waals surface area contributed by atoms with Crippen LogP contribution in [0.2, 0.25) is 10.3 Å². The van der Waals surface area contributed by atoms with Gasteiger partial charge >= 0.3 is 0 Å². The third-order valence-electron chi connectivity index (χ3n) is 2.42. The lowest BCUT2D eigenvalue weighted by atomic mass is 10.2. The van der Waals surface area contributed by atoms with Crippen molar-refractivity contribution in [1.29, 1.82) is 0 Å². The van der Waals surface area contributed by atoms with Crippen molar-refractivity contribution < 1.29 is 9.18 Å². The molecule has 0 aliphatic heterocycles. The Balaban J connectivity index is 2.34. The predicted octanol–water partition coefficient (Wildman–Crippen LogP) is 3.48. The molecule has 0 radical (unpaired) electrons. The molecule has 1 amide bonds. The summed E-state index contributed by atoms with van der Waals surface area (Å²) in [4.78, 5) is 12.0. The van der Waals surface area contributed by atoms with Crippen LogP contribution in [0, 0.1) is 12.7 Å². The van der Waals surface area contributed by atoms with E-state index in [1.54, 1.807) is 19.1 Å². The first-order valence-electron chi connectivity index (χ1n) is 5.24. The number of aryl methyl sites for hydroxylation is 1. The van der Waals surface area contributed by atoms with E-state index in [9.17, 15) is 9.18 Å². The van der Waals surface area contributed by atoms with E-state index in [0.29, 0.717) is 5.56 Å². The quantitative estimate of drug-likeness (QED) is 0.923. The second kappa shape index (κ2) is 5.50. The van der Waals surface area contributed by atoms with E-state index in [2.05, 4.69) is 15.5 Å². The van der Waals surface area contributed by atoms with Crippen LogP contribution in [0.4, 0.5) is 10.1 Å². The fourth-order valence-corrected chi connectivity index (χ4v) is 1.81. The maximum absolute atomic E-state index is 13.6. The van der Waals surface area contributed by atoms with Gasteiger partial charge in [-0.05, 0) is 24.6 Å². The molecule has 0 saturated carbocycles. The maximum Gasteiger partial charge on any atom is 0.259 e. The Kier molecular flexibility index (Phi) is 3.97. The summed E-state index contributed by atoms with van der Waals surface area (Å²) in [5.74, 6) is -1.13. The number of hydrogen-bond acceptors (Lipinski definition) is 3. The Bertz CT molecular complexity index is 629. The van der Waals surface area contributed by atoms with E-state index in [0.717, 1.165) is 0 Å². The second-order valence-electron chi connectivity index (χ2n) is 3.76. The Hall–Kier alpha value is -1.72. The summed E-state index contributed by atoms with van der Waals surface area (Å²) in [6.07, 6.45) is 0. The van der Waals surface area contributed by atoms with Crippen molar-refractivity contribution in [3.8, 4) is 0 Å². The highest BCUT2D eigenvalue weighted by Crippen LogP contribution is 2.22. The molecule has 1 N–H and O–H groups in total. The standard InChI is InChI=1S/C12H8Cl2FN3O/c1-6-3-2-4-8(15)10(6)16-12(19)7-5-9(13)17-18-11(7)14/h2-5H,1H3,(H,16,19). The highest BCUT2D eigenvalue weighted by molar-refractivity contribution is 6.34.